The van der Waals surface area contributed by atoms with E-state index < -0.39 is 5.41 Å². The molecule has 3 aromatic rings. The van der Waals surface area contributed by atoms with Crippen LogP contribution < -0.4 is 10.6 Å². The molecule has 35 heavy (non-hydrogen) atoms. The van der Waals surface area contributed by atoms with Gasteiger partial charge in [0.05, 0.1) is 5.69 Å². The molecule has 0 aliphatic carbocycles. The minimum Gasteiger partial charge on any atom is -0.506 e. The fourth-order valence-corrected chi connectivity index (χ4v) is 4.51. The fourth-order valence-electron chi connectivity index (χ4n) is 4.51. The molecule has 0 unspecified atom stereocenters. The molecule has 0 spiro atoms. The van der Waals surface area contributed by atoms with Gasteiger partial charge in [-0.3, -0.25) is 9.59 Å². The van der Waals surface area contributed by atoms with E-state index in [1.807, 2.05) is 45.0 Å². The molecule has 0 radical (unpaired) electrons. The summed E-state index contributed by atoms with van der Waals surface area (Å²) in [5.41, 5.74) is 1.75. The number of Topliss-reactive ketones (excluding diaryl/α,β-unsaturated/α-hetero) is 1. The van der Waals surface area contributed by atoms with Gasteiger partial charge < -0.3 is 15.7 Å². The first kappa shape index (κ1) is 26.3. The third-order valence-electron chi connectivity index (χ3n) is 7.09. The standard InChI is InChI=1S/C30H38N2O3/c1-7-17-29(4,5)32-23-14-15-24-20(19-23)13-16-25(33)26(24)31-28(35)22-12-10-11-21(18-22)27(34)30(6,8-2)9-3/h10-16,18-19,32-33H,7-9,17H2,1-6H3,(H,31,35). The van der Waals surface area contributed by atoms with Crippen LogP contribution in [0.2, 0.25) is 0 Å². The Morgan fingerprint density at radius 1 is 0.886 bits per heavy atom. The zero-order valence-corrected chi connectivity index (χ0v) is 21.8. The van der Waals surface area contributed by atoms with E-state index in [-0.39, 0.29) is 23.0 Å². The van der Waals surface area contributed by atoms with Crippen molar-refractivity contribution in [1.82, 2.24) is 0 Å². The average Bonchev–Trinajstić information content (AvgIpc) is 2.84. The molecule has 3 aromatic carbocycles. The van der Waals surface area contributed by atoms with E-state index in [9.17, 15) is 14.7 Å². The quantitative estimate of drug-likeness (QED) is 0.207. The number of carbonyl (C=O) groups excluding carboxylic acids is 2. The number of hydrogen-bond acceptors (Lipinski definition) is 4. The predicted molar refractivity (Wildman–Crippen MR) is 146 cm³/mol. The molecule has 0 bridgehead atoms. The highest BCUT2D eigenvalue weighted by atomic mass is 16.3. The van der Waals surface area contributed by atoms with Crippen molar-refractivity contribution in [3.8, 4) is 5.75 Å². The first-order valence-corrected chi connectivity index (χ1v) is 12.5. The molecule has 3 N–H and O–H groups in total. The second-order valence-electron chi connectivity index (χ2n) is 10.3. The van der Waals surface area contributed by atoms with Crippen molar-refractivity contribution in [3.63, 3.8) is 0 Å². The molecule has 0 saturated heterocycles. The van der Waals surface area contributed by atoms with Gasteiger partial charge in [-0.1, -0.05) is 58.4 Å². The smallest absolute Gasteiger partial charge is 0.255 e. The lowest BCUT2D eigenvalue weighted by Crippen LogP contribution is -2.30. The number of benzene rings is 3. The van der Waals surface area contributed by atoms with Crippen LogP contribution in [-0.4, -0.2) is 22.3 Å². The Hall–Kier alpha value is -3.34. The summed E-state index contributed by atoms with van der Waals surface area (Å²) in [6.45, 7) is 12.5. The third-order valence-corrected chi connectivity index (χ3v) is 7.09. The molecule has 5 nitrogen and oxygen atoms in total. The highest BCUT2D eigenvalue weighted by Crippen LogP contribution is 2.35. The van der Waals surface area contributed by atoms with Crippen molar-refractivity contribution < 1.29 is 14.7 Å². The maximum atomic E-state index is 13.2. The largest absolute Gasteiger partial charge is 0.506 e. The Labute approximate surface area is 208 Å². The van der Waals surface area contributed by atoms with Crippen LogP contribution >= 0.6 is 0 Å². The number of fused-ring (bicyclic) bond motifs is 1. The lowest BCUT2D eigenvalue weighted by atomic mass is 9.77. The minimum atomic E-state index is -0.458. The lowest BCUT2D eigenvalue weighted by molar-refractivity contribution is 0.0803. The summed E-state index contributed by atoms with van der Waals surface area (Å²) < 4.78 is 0. The molecule has 0 saturated carbocycles. The van der Waals surface area contributed by atoms with Crippen LogP contribution in [0.4, 0.5) is 11.4 Å². The monoisotopic (exact) mass is 474 g/mol. The van der Waals surface area contributed by atoms with Crippen LogP contribution in [0.3, 0.4) is 0 Å². The average molecular weight is 475 g/mol. The molecular weight excluding hydrogens is 436 g/mol. The number of aromatic hydroxyl groups is 1. The number of amides is 1. The van der Waals surface area contributed by atoms with Crippen molar-refractivity contribution in [3.05, 3.63) is 65.7 Å². The Kier molecular flexibility index (Phi) is 7.89. The summed E-state index contributed by atoms with van der Waals surface area (Å²) in [4.78, 5) is 26.2. The van der Waals surface area contributed by atoms with Crippen molar-refractivity contribution in [2.75, 3.05) is 10.6 Å². The molecule has 0 aliphatic rings. The number of ketones is 1. The van der Waals surface area contributed by atoms with E-state index >= 15 is 0 Å². The summed E-state index contributed by atoms with van der Waals surface area (Å²) >= 11 is 0. The van der Waals surface area contributed by atoms with E-state index in [0.29, 0.717) is 16.8 Å². The SMILES string of the molecule is CCCC(C)(C)Nc1ccc2c(NC(=O)c3cccc(C(=O)C(C)(CC)CC)c3)c(O)ccc2c1. The van der Waals surface area contributed by atoms with Gasteiger partial charge in [0.1, 0.15) is 5.75 Å². The molecule has 1 amide bonds. The molecule has 3 rings (SSSR count). The number of phenols is 1. The summed E-state index contributed by atoms with van der Waals surface area (Å²) in [6.07, 6.45) is 3.59. The zero-order chi connectivity index (χ0) is 25.8. The third kappa shape index (κ3) is 5.84. The topological polar surface area (TPSA) is 78.4 Å². The summed E-state index contributed by atoms with van der Waals surface area (Å²) in [6, 6.07) is 16.1. The van der Waals surface area contributed by atoms with E-state index in [1.54, 1.807) is 30.3 Å². The Bertz CT molecular complexity index is 1230. The van der Waals surface area contributed by atoms with Gasteiger partial charge in [-0.2, -0.15) is 0 Å². The Balaban J connectivity index is 1.90. The van der Waals surface area contributed by atoms with Crippen LogP contribution in [0.15, 0.2) is 54.6 Å². The van der Waals surface area contributed by atoms with Gasteiger partial charge in [0, 0.05) is 33.2 Å². The maximum absolute atomic E-state index is 13.2. The molecule has 0 heterocycles. The van der Waals surface area contributed by atoms with Crippen molar-refractivity contribution in [1.29, 1.82) is 0 Å². The van der Waals surface area contributed by atoms with Gasteiger partial charge in [0.2, 0.25) is 0 Å². The molecular formula is C30H38N2O3. The second kappa shape index (κ2) is 10.5. The minimum absolute atomic E-state index is 0.00496. The Morgan fingerprint density at radius 3 is 2.23 bits per heavy atom. The predicted octanol–water partition coefficient (Wildman–Crippen LogP) is 7.80. The van der Waals surface area contributed by atoms with E-state index in [4.69, 9.17) is 0 Å². The normalized spacial score (nSPS) is 11.9. The van der Waals surface area contributed by atoms with Gasteiger partial charge in [-0.15, -0.1) is 0 Å². The van der Waals surface area contributed by atoms with Crippen molar-refractivity contribution in [2.45, 2.75) is 72.8 Å². The number of anilines is 2. The van der Waals surface area contributed by atoms with Gasteiger partial charge in [-0.25, -0.2) is 0 Å². The zero-order valence-electron chi connectivity index (χ0n) is 21.8. The highest BCUT2D eigenvalue weighted by Gasteiger charge is 2.30. The summed E-state index contributed by atoms with van der Waals surface area (Å²) in [7, 11) is 0. The van der Waals surface area contributed by atoms with Crippen LogP contribution in [0.1, 0.15) is 87.9 Å². The fraction of sp³-hybridized carbons (Fsp3) is 0.400. The molecule has 0 aliphatic heterocycles. The van der Waals surface area contributed by atoms with E-state index in [1.165, 1.54) is 0 Å². The summed E-state index contributed by atoms with van der Waals surface area (Å²) in [5.74, 6) is -0.339. The lowest BCUT2D eigenvalue weighted by Gasteiger charge is -2.27. The summed E-state index contributed by atoms with van der Waals surface area (Å²) in [5, 5.41) is 18.6. The molecule has 0 aromatic heterocycles. The van der Waals surface area contributed by atoms with Crippen molar-refractivity contribution >= 4 is 33.8 Å². The number of carbonyl (C=O) groups is 2. The molecule has 0 atom stereocenters. The van der Waals surface area contributed by atoms with Gasteiger partial charge in [0.25, 0.3) is 5.91 Å². The van der Waals surface area contributed by atoms with E-state index in [2.05, 4.69) is 31.4 Å². The van der Waals surface area contributed by atoms with Crippen LogP contribution in [-0.2, 0) is 0 Å². The number of hydrogen-bond donors (Lipinski definition) is 3. The number of nitrogens with one attached hydrogen (secondary N) is 2. The first-order valence-electron chi connectivity index (χ1n) is 12.5. The van der Waals surface area contributed by atoms with Gasteiger partial charge >= 0.3 is 0 Å². The first-order chi connectivity index (χ1) is 16.5. The van der Waals surface area contributed by atoms with Crippen LogP contribution in [0, 0.1) is 5.41 Å². The van der Waals surface area contributed by atoms with Crippen LogP contribution in [0.5, 0.6) is 5.75 Å². The number of phenolic OH excluding ortho intramolecular Hbond substituents is 1. The molecule has 186 valence electrons. The molecule has 5 heteroatoms. The highest BCUT2D eigenvalue weighted by molar-refractivity contribution is 6.12. The Morgan fingerprint density at radius 2 is 1.57 bits per heavy atom. The number of rotatable bonds is 10. The second-order valence-corrected chi connectivity index (χ2v) is 10.3. The molecule has 0 fully saturated rings. The van der Waals surface area contributed by atoms with Crippen LogP contribution in [0.25, 0.3) is 10.8 Å². The van der Waals surface area contributed by atoms with Crippen molar-refractivity contribution in [2.24, 2.45) is 5.41 Å². The maximum Gasteiger partial charge on any atom is 0.255 e. The van der Waals surface area contributed by atoms with Gasteiger partial charge in [-0.05, 0) is 68.8 Å². The van der Waals surface area contributed by atoms with Gasteiger partial charge in [0.15, 0.2) is 5.78 Å². The van der Waals surface area contributed by atoms with E-state index in [0.717, 1.165) is 42.1 Å².